The molecule has 47 heavy (non-hydrogen) atoms. The Hall–Kier alpha value is -4.83. The summed E-state index contributed by atoms with van der Waals surface area (Å²) in [7, 11) is -2.78. The second-order valence-corrected chi connectivity index (χ2v) is 12.4. The van der Waals surface area contributed by atoms with Crippen molar-refractivity contribution in [2.24, 2.45) is 0 Å². The molecule has 248 valence electrons. The Bertz CT molecular complexity index is 1870. The molecule has 0 radical (unpaired) electrons. The van der Waals surface area contributed by atoms with Gasteiger partial charge in [-0.25, -0.2) is 22.3 Å². The van der Waals surface area contributed by atoms with E-state index >= 15 is 0 Å². The van der Waals surface area contributed by atoms with Crippen molar-refractivity contribution in [3.8, 4) is 23.1 Å². The quantitative estimate of drug-likeness (QED) is 0.177. The lowest BCUT2D eigenvalue weighted by Gasteiger charge is -2.26. The van der Waals surface area contributed by atoms with Crippen molar-refractivity contribution in [2.75, 3.05) is 51.8 Å². The second-order valence-electron chi connectivity index (χ2n) is 10.6. The molecule has 3 aromatic carbocycles. The lowest BCUT2D eigenvalue weighted by molar-refractivity contribution is 0.0376. The third-order valence-corrected chi connectivity index (χ3v) is 8.88. The second kappa shape index (κ2) is 14.7. The van der Waals surface area contributed by atoms with Gasteiger partial charge in [0, 0.05) is 36.4 Å². The summed E-state index contributed by atoms with van der Waals surface area (Å²) < 4.78 is 62.0. The van der Waals surface area contributed by atoms with E-state index < -0.39 is 27.7 Å². The van der Waals surface area contributed by atoms with E-state index in [1.54, 1.807) is 18.2 Å². The van der Waals surface area contributed by atoms with E-state index in [2.05, 4.69) is 20.0 Å². The van der Waals surface area contributed by atoms with Crippen LogP contribution in [0.3, 0.4) is 0 Å². The number of hydrogen-bond acceptors (Lipinski definition) is 9. The Morgan fingerprint density at radius 2 is 1.83 bits per heavy atom. The summed E-state index contributed by atoms with van der Waals surface area (Å²) in [6.07, 6.45) is 0.523. The van der Waals surface area contributed by atoms with Gasteiger partial charge in [0.1, 0.15) is 22.2 Å². The van der Waals surface area contributed by atoms with Gasteiger partial charge in [0.05, 0.1) is 26.0 Å². The number of anilines is 1. The first-order valence-corrected chi connectivity index (χ1v) is 16.2. The number of aromatic carboxylic acids is 1. The number of carboxylic acid groups (broad SMARTS) is 1. The minimum absolute atomic E-state index is 0.0824. The van der Waals surface area contributed by atoms with Gasteiger partial charge in [0.15, 0.2) is 5.69 Å². The summed E-state index contributed by atoms with van der Waals surface area (Å²) in [6.45, 7) is 4.99. The smallest absolute Gasteiger partial charge is 0.356 e. The van der Waals surface area contributed by atoms with E-state index in [4.69, 9.17) is 14.2 Å². The SMILES string of the molecule is COc1cccc(C(=O)Nc2ccc(Oc3c(C)c(C(=O)O)nn3-c3cccc(F)c3)c(S(=O)(=O)NCCCN3CCOCC3)c2)c1. The lowest BCUT2D eigenvalue weighted by Crippen LogP contribution is -2.38. The molecule has 1 aliphatic heterocycles. The van der Waals surface area contributed by atoms with Crippen LogP contribution in [0.15, 0.2) is 71.6 Å². The largest absolute Gasteiger partial charge is 0.497 e. The molecule has 5 rings (SSSR count). The maximum atomic E-state index is 14.1. The highest BCUT2D eigenvalue weighted by atomic mass is 32.2. The maximum absolute atomic E-state index is 14.1. The van der Waals surface area contributed by atoms with Gasteiger partial charge < -0.3 is 24.6 Å². The molecule has 0 aliphatic carbocycles. The molecule has 1 amide bonds. The molecule has 0 unspecified atom stereocenters. The number of sulfonamides is 1. The number of methoxy groups -OCH3 is 1. The van der Waals surface area contributed by atoms with Crippen LogP contribution in [0.4, 0.5) is 10.1 Å². The van der Waals surface area contributed by atoms with E-state index in [1.165, 1.54) is 56.5 Å². The summed E-state index contributed by atoms with van der Waals surface area (Å²) in [5.41, 5.74) is 0.311. The molecule has 0 saturated carbocycles. The van der Waals surface area contributed by atoms with Crippen molar-refractivity contribution in [3.63, 3.8) is 0 Å². The topological polar surface area (TPSA) is 161 Å². The highest BCUT2D eigenvalue weighted by Crippen LogP contribution is 2.35. The van der Waals surface area contributed by atoms with E-state index in [0.717, 1.165) is 23.8 Å². The molecule has 0 bridgehead atoms. The average Bonchev–Trinajstić information content (AvgIpc) is 3.40. The number of aromatic nitrogens is 2. The highest BCUT2D eigenvalue weighted by Gasteiger charge is 2.27. The number of amides is 1. The first-order valence-electron chi connectivity index (χ1n) is 14.7. The van der Waals surface area contributed by atoms with Gasteiger partial charge in [0.25, 0.3) is 5.91 Å². The van der Waals surface area contributed by atoms with Gasteiger partial charge >= 0.3 is 5.97 Å². The molecule has 2 heterocycles. The van der Waals surface area contributed by atoms with Gasteiger partial charge in [-0.3, -0.25) is 9.69 Å². The predicted molar refractivity (Wildman–Crippen MR) is 170 cm³/mol. The van der Waals surface area contributed by atoms with Crippen LogP contribution in [-0.4, -0.2) is 86.6 Å². The lowest BCUT2D eigenvalue weighted by atomic mass is 10.2. The van der Waals surface area contributed by atoms with Crippen LogP contribution in [0.1, 0.15) is 32.8 Å². The Kier molecular flexibility index (Phi) is 10.5. The standard InChI is InChI=1S/C32H34FN5O8S/c1-21-29(32(40)41)36-38(25-8-4-7-23(33)19-25)31(21)46-27-11-10-24(35-30(39)22-6-3-9-26(18-22)44-2)20-28(27)47(42,43)34-12-5-13-37-14-16-45-17-15-37/h3-4,6-11,18-20,34H,5,12-17H2,1-2H3,(H,35,39)(H,40,41). The zero-order chi connectivity index (χ0) is 33.6. The normalized spacial score (nSPS) is 13.7. The molecule has 0 spiro atoms. The highest BCUT2D eigenvalue weighted by molar-refractivity contribution is 7.89. The maximum Gasteiger partial charge on any atom is 0.356 e. The van der Waals surface area contributed by atoms with Gasteiger partial charge in [-0.1, -0.05) is 12.1 Å². The summed E-state index contributed by atoms with van der Waals surface area (Å²) in [4.78, 5) is 26.9. The van der Waals surface area contributed by atoms with Crippen LogP contribution in [-0.2, 0) is 14.8 Å². The van der Waals surface area contributed by atoms with Gasteiger partial charge in [0.2, 0.25) is 15.9 Å². The Balaban J connectivity index is 1.49. The average molecular weight is 668 g/mol. The number of benzene rings is 3. The third-order valence-electron chi connectivity index (χ3n) is 7.40. The van der Waals surface area contributed by atoms with Crippen molar-refractivity contribution in [1.82, 2.24) is 19.4 Å². The zero-order valence-electron chi connectivity index (χ0n) is 25.7. The summed E-state index contributed by atoms with van der Waals surface area (Å²) in [5, 5.41) is 16.5. The van der Waals surface area contributed by atoms with Gasteiger partial charge in [-0.05, 0) is 74.5 Å². The number of carboxylic acids is 1. The van der Waals surface area contributed by atoms with Crippen LogP contribution in [0.5, 0.6) is 17.4 Å². The van der Waals surface area contributed by atoms with Crippen molar-refractivity contribution >= 4 is 27.6 Å². The number of carbonyl (C=O) groups is 2. The molecular weight excluding hydrogens is 633 g/mol. The van der Waals surface area contributed by atoms with Crippen molar-refractivity contribution in [1.29, 1.82) is 0 Å². The number of ether oxygens (including phenoxy) is 3. The summed E-state index contributed by atoms with van der Waals surface area (Å²) in [5.74, 6) is -2.30. The number of rotatable bonds is 13. The molecule has 1 saturated heterocycles. The van der Waals surface area contributed by atoms with Crippen LogP contribution in [0.2, 0.25) is 0 Å². The third kappa shape index (κ3) is 8.13. The first-order chi connectivity index (χ1) is 22.6. The minimum atomic E-state index is -4.25. The summed E-state index contributed by atoms with van der Waals surface area (Å²) in [6, 6.07) is 15.8. The van der Waals surface area contributed by atoms with Crippen LogP contribution < -0.4 is 19.5 Å². The van der Waals surface area contributed by atoms with E-state index in [0.29, 0.717) is 31.9 Å². The Morgan fingerprint density at radius 1 is 1.06 bits per heavy atom. The fourth-order valence-corrected chi connectivity index (χ4v) is 6.18. The predicted octanol–water partition coefficient (Wildman–Crippen LogP) is 4.07. The van der Waals surface area contributed by atoms with Crippen LogP contribution in [0.25, 0.3) is 5.69 Å². The Labute approximate surface area is 270 Å². The fraction of sp³-hybridized carbons (Fsp3) is 0.281. The van der Waals surface area contributed by atoms with Crippen molar-refractivity contribution in [3.05, 3.63) is 89.4 Å². The minimum Gasteiger partial charge on any atom is -0.497 e. The molecule has 4 aromatic rings. The molecule has 0 atom stereocenters. The number of nitrogens with zero attached hydrogens (tertiary/aromatic N) is 3. The number of nitrogens with one attached hydrogen (secondary N) is 2. The van der Waals surface area contributed by atoms with Gasteiger partial charge in [-0.2, -0.15) is 9.78 Å². The van der Waals surface area contributed by atoms with E-state index in [-0.39, 0.29) is 51.3 Å². The van der Waals surface area contributed by atoms with Crippen LogP contribution >= 0.6 is 0 Å². The first kappa shape index (κ1) is 33.5. The number of hydrogen-bond donors (Lipinski definition) is 3. The molecule has 13 nitrogen and oxygen atoms in total. The zero-order valence-corrected chi connectivity index (χ0v) is 26.5. The van der Waals surface area contributed by atoms with Crippen molar-refractivity contribution in [2.45, 2.75) is 18.2 Å². The number of carbonyl (C=O) groups excluding carboxylic acids is 1. The molecular formula is C32H34FN5O8S. The summed E-state index contributed by atoms with van der Waals surface area (Å²) >= 11 is 0. The molecule has 1 fully saturated rings. The number of morpholine rings is 1. The Morgan fingerprint density at radius 3 is 2.55 bits per heavy atom. The fourth-order valence-electron chi connectivity index (χ4n) is 4.95. The monoisotopic (exact) mass is 667 g/mol. The number of halogens is 1. The van der Waals surface area contributed by atoms with Crippen molar-refractivity contribution < 1.29 is 41.7 Å². The van der Waals surface area contributed by atoms with E-state index in [1.807, 2.05) is 0 Å². The van der Waals surface area contributed by atoms with Gasteiger partial charge in [-0.15, -0.1) is 0 Å². The molecule has 1 aliphatic rings. The van der Waals surface area contributed by atoms with Crippen LogP contribution in [0, 0.1) is 12.7 Å². The molecule has 3 N–H and O–H groups in total. The molecule has 15 heteroatoms. The molecule has 1 aromatic heterocycles. The van der Waals surface area contributed by atoms with E-state index in [9.17, 15) is 27.5 Å².